The third-order valence-electron chi connectivity index (χ3n) is 4.48. The summed E-state index contributed by atoms with van der Waals surface area (Å²) in [5.74, 6) is 0.550. The molecule has 2 aromatic carbocycles. The Bertz CT molecular complexity index is 988. The summed E-state index contributed by atoms with van der Waals surface area (Å²) in [6.45, 7) is 5.37. The van der Waals surface area contributed by atoms with Crippen LogP contribution in [-0.4, -0.2) is 27.1 Å². The van der Waals surface area contributed by atoms with Gasteiger partial charge in [0, 0.05) is 17.7 Å². The van der Waals surface area contributed by atoms with Crippen molar-refractivity contribution in [3.63, 3.8) is 0 Å². The highest BCUT2D eigenvalue weighted by Gasteiger charge is 2.19. The minimum atomic E-state index is -0.434. The second-order valence-corrected chi connectivity index (χ2v) is 8.16. The van der Waals surface area contributed by atoms with Crippen LogP contribution in [0.3, 0.4) is 0 Å². The van der Waals surface area contributed by atoms with Gasteiger partial charge in [-0.1, -0.05) is 61.2 Å². The number of nitrogens with zero attached hydrogens (tertiary/aromatic N) is 2. The number of hydrogen-bond donors (Lipinski definition) is 1. The van der Waals surface area contributed by atoms with Crippen LogP contribution in [0.1, 0.15) is 48.5 Å². The van der Waals surface area contributed by atoms with Crippen LogP contribution in [0.15, 0.2) is 64.2 Å². The van der Waals surface area contributed by atoms with E-state index >= 15 is 0 Å². The number of aromatic nitrogens is 2. The molecule has 0 fully saturated rings. The Hall–Kier alpha value is -2.93. The molecule has 0 bridgehead atoms. The molecule has 2 unspecified atom stereocenters. The summed E-state index contributed by atoms with van der Waals surface area (Å²) in [7, 11) is 0. The maximum absolute atomic E-state index is 12.5. The number of carbonyl (C=O) groups excluding carboxylic acids is 2. The molecular weight excluding hydrogens is 386 g/mol. The summed E-state index contributed by atoms with van der Waals surface area (Å²) in [5.41, 5.74) is 2.34. The van der Waals surface area contributed by atoms with Crippen LogP contribution in [0.4, 0.5) is 5.69 Å². The minimum Gasteiger partial charge on any atom is -0.416 e. The van der Waals surface area contributed by atoms with E-state index in [4.69, 9.17) is 4.42 Å². The lowest BCUT2D eigenvalue weighted by atomic mass is 9.98. The number of thioether (sulfide) groups is 1. The highest BCUT2D eigenvalue weighted by Crippen LogP contribution is 2.25. The lowest BCUT2D eigenvalue weighted by Crippen LogP contribution is -2.22. The Morgan fingerprint density at radius 1 is 1.07 bits per heavy atom. The van der Waals surface area contributed by atoms with E-state index in [1.165, 1.54) is 24.2 Å². The number of nitrogens with one attached hydrogen (secondary N) is 1. The molecule has 29 heavy (non-hydrogen) atoms. The van der Waals surface area contributed by atoms with Crippen LogP contribution in [0, 0.1) is 0 Å². The number of benzene rings is 2. The van der Waals surface area contributed by atoms with Crippen LogP contribution in [0.2, 0.25) is 0 Å². The molecular formula is C22H23N3O3S. The third kappa shape index (κ3) is 5.77. The Morgan fingerprint density at radius 2 is 1.83 bits per heavy atom. The van der Waals surface area contributed by atoms with Crippen LogP contribution in [0.5, 0.6) is 0 Å². The van der Waals surface area contributed by atoms with Gasteiger partial charge in [-0.3, -0.25) is 9.59 Å². The van der Waals surface area contributed by atoms with Crippen molar-refractivity contribution in [3.8, 4) is 0 Å². The lowest BCUT2D eigenvalue weighted by Gasteiger charge is -2.10. The second kappa shape index (κ2) is 9.52. The first-order chi connectivity index (χ1) is 13.9. The Labute approximate surface area is 174 Å². The van der Waals surface area contributed by atoms with E-state index < -0.39 is 5.25 Å². The van der Waals surface area contributed by atoms with E-state index in [0.29, 0.717) is 28.8 Å². The lowest BCUT2D eigenvalue weighted by molar-refractivity contribution is -0.115. The summed E-state index contributed by atoms with van der Waals surface area (Å²) in [4.78, 5) is 23.9. The Balaban J connectivity index is 1.57. The van der Waals surface area contributed by atoms with Crippen molar-refractivity contribution in [1.82, 2.24) is 10.2 Å². The highest BCUT2D eigenvalue weighted by molar-refractivity contribution is 8.00. The first kappa shape index (κ1) is 20.8. The average molecular weight is 410 g/mol. The van der Waals surface area contributed by atoms with Gasteiger partial charge in [0.1, 0.15) is 0 Å². The van der Waals surface area contributed by atoms with Crippen molar-refractivity contribution in [2.75, 3.05) is 5.32 Å². The molecule has 2 atom stereocenters. The number of rotatable bonds is 8. The highest BCUT2D eigenvalue weighted by atomic mass is 32.2. The molecule has 3 aromatic rings. The maximum atomic E-state index is 12.5. The number of ketones is 1. The number of Topliss-reactive ketones (excluding diaryl/α,β-unsaturated/α-hetero) is 1. The van der Waals surface area contributed by atoms with Gasteiger partial charge in [0.05, 0.1) is 5.25 Å². The van der Waals surface area contributed by atoms with E-state index in [9.17, 15) is 9.59 Å². The van der Waals surface area contributed by atoms with Gasteiger partial charge in [-0.25, -0.2) is 0 Å². The smallest absolute Gasteiger partial charge is 0.277 e. The molecule has 0 aliphatic rings. The van der Waals surface area contributed by atoms with E-state index in [1.54, 1.807) is 31.2 Å². The predicted molar refractivity (Wildman–Crippen MR) is 113 cm³/mol. The molecule has 1 amide bonds. The molecule has 0 radical (unpaired) electrons. The molecule has 7 heteroatoms. The summed E-state index contributed by atoms with van der Waals surface area (Å²) >= 11 is 1.21. The van der Waals surface area contributed by atoms with Crippen LogP contribution >= 0.6 is 11.8 Å². The minimum absolute atomic E-state index is 0.0494. The predicted octanol–water partition coefficient (Wildman–Crippen LogP) is 4.74. The van der Waals surface area contributed by atoms with Gasteiger partial charge in [-0.2, -0.15) is 0 Å². The summed E-state index contributed by atoms with van der Waals surface area (Å²) in [6.07, 6.45) is 0.635. The number of carbonyl (C=O) groups is 2. The summed E-state index contributed by atoms with van der Waals surface area (Å²) < 4.78 is 5.71. The van der Waals surface area contributed by atoms with Gasteiger partial charge in [-0.05, 0) is 37.5 Å². The molecule has 1 heterocycles. The molecule has 150 valence electrons. The Kier molecular flexibility index (Phi) is 6.82. The number of hydrogen-bond acceptors (Lipinski definition) is 6. The fourth-order valence-corrected chi connectivity index (χ4v) is 3.49. The van der Waals surface area contributed by atoms with Crippen LogP contribution < -0.4 is 5.32 Å². The van der Waals surface area contributed by atoms with Crippen molar-refractivity contribution < 1.29 is 14.0 Å². The van der Waals surface area contributed by atoms with Crippen molar-refractivity contribution >= 4 is 29.1 Å². The summed E-state index contributed by atoms with van der Waals surface area (Å²) in [6, 6.07) is 17.0. The molecule has 0 spiro atoms. The zero-order chi connectivity index (χ0) is 20.8. The molecule has 1 aromatic heterocycles. The van der Waals surface area contributed by atoms with Crippen molar-refractivity contribution in [3.05, 3.63) is 71.6 Å². The molecule has 1 N–H and O–H groups in total. The standard InChI is InChI=1S/C22H23N3O3S/c1-14(17-8-5-4-6-9-17)12-20-24-25-22(28-20)29-16(3)21(27)23-19-11-7-10-18(13-19)15(2)26/h4-11,13-14,16H,12H2,1-3H3,(H,23,27). The molecule has 6 nitrogen and oxygen atoms in total. The van der Waals surface area contributed by atoms with Gasteiger partial charge in [0.2, 0.25) is 11.8 Å². The van der Waals surface area contributed by atoms with Crippen molar-refractivity contribution in [2.45, 2.75) is 43.6 Å². The van der Waals surface area contributed by atoms with Gasteiger partial charge < -0.3 is 9.73 Å². The molecule has 0 aliphatic heterocycles. The fraction of sp³-hybridized carbons (Fsp3) is 0.273. The van der Waals surface area contributed by atoms with Crippen molar-refractivity contribution in [1.29, 1.82) is 0 Å². The zero-order valence-electron chi connectivity index (χ0n) is 16.6. The number of amides is 1. The van der Waals surface area contributed by atoms with E-state index in [2.05, 4.69) is 34.6 Å². The normalized spacial score (nSPS) is 12.9. The van der Waals surface area contributed by atoms with Gasteiger partial charge in [0.25, 0.3) is 5.22 Å². The largest absolute Gasteiger partial charge is 0.416 e. The van der Waals surface area contributed by atoms with Gasteiger partial charge in [-0.15, -0.1) is 10.2 Å². The fourth-order valence-electron chi connectivity index (χ4n) is 2.79. The zero-order valence-corrected chi connectivity index (χ0v) is 17.4. The topological polar surface area (TPSA) is 85.1 Å². The Morgan fingerprint density at radius 3 is 2.55 bits per heavy atom. The first-order valence-electron chi connectivity index (χ1n) is 9.38. The molecule has 0 aliphatic carbocycles. The molecule has 0 saturated heterocycles. The first-order valence-corrected chi connectivity index (χ1v) is 10.3. The van der Waals surface area contributed by atoms with E-state index in [-0.39, 0.29) is 17.6 Å². The van der Waals surface area contributed by atoms with Gasteiger partial charge in [0.15, 0.2) is 5.78 Å². The third-order valence-corrected chi connectivity index (χ3v) is 5.42. The monoisotopic (exact) mass is 409 g/mol. The maximum Gasteiger partial charge on any atom is 0.277 e. The molecule has 0 saturated carbocycles. The quantitative estimate of drug-likeness (QED) is 0.427. The van der Waals surface area contributed by atoms with Crippen LogP contribution in [0.25, 0.3) is 0 Å². The SMILES string of the molecule is CC(=O)c1cccc(NC(=O)C(C)Sc2nnc(CC(C)c3ccccc3)o2)c1. The number of anilines is 1. The van der Waals surface area contributed by atoms with Gasteiger partial charge >= 0.3 is 0 Å². The van der Waals surface area contributed by atoms with Crippen LogP contribution in [-0.2, 0) is 11.2 Å². The summed E-state index contributed by atoms with van der Waals surface area (Å²) in [5, 5.41) is 10.9. The van der Waals surface area contributed by atoms with E-state index in [1.807, 2.05) is 18.2 Å². The van der Waals surface area contributed by atoms with E-state index in [0.717, 1.165) is 0 Å². The van der Waals surface area contributed by atoms with Crippen molar-refractivity contribution in [2.24, 2.45) is 0 Å². The second-order valence-electron chi connectivity index (χ2n) is 6.86. The molecule has 3 rings (SSSR count). The average Bonchev–Trinajstić information content (AvgIpc) is 3.15.